The molecule has 9 heterocycles. The Morgan fingerprint density at radius 3 is 1.46 bits per heavy atom. The molecular formula is C103H80N12O4PRh3S. The van der Waals surface area contributed by atoms with E-state index in [9.17, 15) is 13.0 Å². The van der Waals surface area contributed by atoms with Crippen LogP contribution in [0.4, 0.5) is 0 Å². The molecule has 3 aliphatic heterocycles. The van der Waals surface area contributed by atoms with Crippen LogP contribution in [-0.2, 0) is 83.1 Å². The Kier molecular flexibility index (Phi) is 27.3. The first-order valence-corrected chi connectivity index (χ1v) is 42.7. The van der Waals surface area contributed by atoms with Gasteiger partial charge in [0.25, 0.3) is 0 Å². The average Bonchev–Trinajstić information content (AvgIpc) is 1.56. The molecule has 6 aromatic heterocycles. The van der Waals surface area contributed by atoms with Crippen molar-refractivity contribution in [2.24, 2.45) is 0 Å². The van der Waals surface area contributed by atoms with Gasteiger partial charge in [0.15, 0.2) is 7.14 Å². The molecule has 22 rings (SSSR count). The number of hydrogen-bond donors (Lipinski definition) is 0. The summed E-state index contributed by atoms with van der Waals surface area (Å²) in [6, 6.07) is 123. The van der Waals surface area contributed by atoms with Crippen LogP contribution >= 0.6 is 7.14 Å². The molecule has 614 valence electrons. The topological polar surface area (TPSA) is 169 Å². The minimum atomic E-state index is -3.46. The quantitative estimate of drug-likeness (QED) is 0.0735. The molecule has 0 bridgehead atoms. The molecule has 0 amide bonds. The summed E-state index contributed by atoms with van der Waals surface area (Å²) in [7, 11) is -6.39. The van der Waals surface area contributed by atoms with Crippen molar-refractivity contribution in [1.29, 1.82) is 0 Å². The molecule has 2 radical (unpaired) electrons. The Morgan fingerprint density at radius 2 is 0.911 bits per heavy atom. The standard InChI is InChI=1S/C27H26N3.C27H18N2OP.C21H13N2O2S.C10H9N2.C9H7N2.C9H7NO.3Rh/c1-18-16-19(2)30(28-18)22-13-10-20(11-14-22)21-12-15-24-23-8-6-7-9-25(23)29(26(24)17-21)27(3,4)5;30-31(23-7-2-1-3-8-23)26-10-5-4-9-24(26)25-16-13-21(19-27(25)31)20-11-14-22(15-12-20)29-18-6-17-28-29;24-26(25)20-5-2-1-4-18(20)19-11-8-16(14-21(19)26)15-6-9-17(10-7-15)23-13-3-12-22-23;1-9-7-8-11-12(9)10-5-3-2-4-6-10;1-2-5-9(6-3-1)11-8-4-7-10-11;1-2-4-8(5-3-1)9-10-6-7-11-9;;;/h6-13,15-17H,1-5H3;1-14,16-19H;1-9,11-14H;2-5,7-8H,1H3;1-5,7-8H;1-4,6-7,9H;;;/q5*-1;-2;2*+2;+3. The third-order valence-corrected chi connectivity index (χ3v) is 25.9. The smallest absolute Gasteiger partial charge is 0.651 e. The van der Waals surface area contributed by atoms with Crippen molar-refractivity contribution in [3.05, 3.63) is 436 Å². The number of ether oxygens (including phenoxy) is 1. The van der Waals surface area contributed by atoms with Gasteiger partial charge in [0.1, 0.15) is 0 Å². The fraction of sp³-hybridized carbons (Fsp3) is 0.0777. The number of para-hydroxylation sites is 3. The van der Waals surface area contributed by atoms with Crippen LogP contribution < -0.4 is 15.9 Å². The maximum absolute atomic E-state index is 14.6. The van der Waals surface area contributed by atoms with Crippen molar-refractivity contribution >= 4 is 54.7 Å². The van der Waals surface area contributed by atoms with Crippen LogP contribution in [0.1, 0.15) is 49.6 Å². The molecule has 124 heavy (non-hydrogen) atoms. The molecular weight excluding hydrogens is 1840 g/mol. The Morgan fingerprint density at radius 1 is 0.411 bits per heavy atom. The van der Waals surface area contributed by atoms with Gasteiger partial charge in [-0.15, -0.1) is 58.8 Å². The summed E-state index contributed by atoms with van der Waals surface area (Å²) in [5.74, 6) is 0. The maximum Gasteiger partial charge on any atom is 3.00 e. The third-order valence-electron chi connectivity index (χ3n) is 20.9. The third kappa shape index (κ3) is 18.4. The number of hydrogen-bond acceptors (Lipinski definition) is 9. The van der Waals surface area contributed by atoms with E-state index in [-0.39, 0.29) is 70.2 Å². The van der Waals surface area contributed by atoms with Crippen LogP contribution in [0.5, 0.6) is 0 Å². The molecule has 0 N–H and O–H groups in total. The second kappa shape index (κ2) is 38.7. The van der Waals surface area contributed by atoms with Crippen molar-refractivity contribution in [2.45, 2.75) is 63.1 Å². The fourth-order valence-electron chi connectivity index (χ4n) is 15.2. The Balaban J connectivity index is 0.000000126. The number of aromatic nitrogens is 11. The van der Waals surface area contributed by atoms with Crippen molar-refractivity contribution in [3.8, 4) is 84.1 Å². The summed E-state index contributed by atoms with van der Waals surface area (Å²) in [6.07, 6.45) is 15.7. The van der Waals surface area contributed by atoms with Crippen molar-refractivity contribution in [1.82, 2.24) is 53.5 Å². The van der Waals surface area contributed by atoms with E-state index in [1.807, 2.05) is 242 Å². The monoisotopic (exact) mass is 1920 g/mol. The number of sulfone groups is 1. The second-order valence-electron chi connectivity index (χ2n) is 29.9. The largest absolute Gasteiger partial charge is 3.00 e. The number of nitrogens with zero attached hydrogens (tertiary/aromatic N) is 12. The molecule has 19 aromatic rings. The van der Waals surface area contributed by atoms with Gasteiger partial charge in [0, 0.05) is 115 Å². The summed E-state index contributed by atoms with van der Waals surface area (Å²) >= 11 is 0. The van der Waals surface area contributed by atoms with Gasteiger partial charge >= 0.3 is 58.4 Å². The first-order chi connectivity index (χ1) is 59.0. The first kappa shape index (κ1) is 87.4. The first-order valence-electron chi connectivity index (χ1n) is 39.5. The van der Waals surface area contributed by atoms with Gasteiger partial charge in [-0.3, -0.25) is 23.4 Å². The Hall–Kier alpha value is -12.9. The van der Waals surface area contributed by atoms with Crippen molar-refractivity contribution in [3.63, 3.8) is 0 Å². The van der Waals surface area contributed by atoms with Crippen LogP contribution in [0.15, 0.2) is 381 Å². The molecule has 16 nitrogen and oxygen atoms in total. The molecule has 0 aliphatic carbocycles. The summed E-state index contributed by atoms with van der Waals surface area (Å²) in [6.45, 7) is 12.9. The molecule has 0 saturated heterocycles. The van der Waals surface area contributed by atoms with E-state index < -0.39 is 17.0 Å². The molecule has 2 atom stereocenters. The van der Waals surface area contributed by atoms with Crippen LogP contribution in [0.2, 0.25) is 0 Å². The summed E-state index contributed by atoms with van der Waals surface area (Å²) < 4.78 is 57.0. The molecule has 2 unspecified atom stereocenters. The average molecular weight is 1920 g/mol. The van der Waals surface area contributed by atoms with Crippen LogP contribution in [0.3, 0.4) is 0 Å². The zero-order chi connectivity index (χ0) is 83.0. The number of benzene rings is 13. The van der Waals surface area contributed by atoms with Crippen molar-refractivity contribution in [2.75, 3.05) is 0 Å². The van der Waals surface area contributed by atoms with Gasteiger partial charge in [-0.05, 0) is 136 Å². The Bertz CT molecular complexity index is 7000. The number of rotatable bonds is 10. The van der Waals surface area contributed by atoms with E-state index in [2.05, 4.69) is 197 Å². The van der Waals surface area contributed by atoms with Crippen LogP contribution in [0, 0.1) is 57.2 Å². The predicted octanol–water partition coefficient (Wildman–Crippen LogP) is 21.9. The van der Waals surface area contributed by atoms with Crippen LogP contribution in [0.25, 0.3) is 111 Å². The van der Waals surface area contributed by atoms with Gasteiger partial charge in [-0.1, -0.05) is 150 Å². The van der Waals surface area contributed by atoms with E-state index >= 15 is 0 Å². The Labute approximate surface area is 760 Å². The van der Waals surface area contributed by atoms with Crippen molar-refractivity contribution < 1.29 is 76.2 Å². The summed E-state index contributed by atoms with van der Waals surface area (Å²) in [5.41, 5.74) is 21.3. The molecule has 0 fully saturated rings. The minimum absolute atomic E-state index is 0. The second-order valence-corrected chi connectivity index (χ2v) is 34.4. The number of fused-ring (bicyclic) bond motifs is 9. The summed E-state index contributed by atoms with van der Waals surface area (Å²) in [4.78, 5) is 0.750. The van der Waals surface area contributed by atoms with Gasteiger partial charge in [-0.2, -0.15) is 159 Å². The minimum Gasteiger partial charge on any atom is -0.651 e. The van der Waals surface area contributed by atoms with Gasteiger partial charge in [0.05, 0.1) is 21.7 Å². The van der Waals surface area contributed by atoms with E-state index in [0.717, 1.165) is 117 Å². The molecule has 21 heteroatoms. The van der Waals surface area contributed by atoms with E-state index in [1.165, 1.54) is 27.4 Å². The van der Waals surface area contributed by atoms with E-state index in [4.69, 9.17) is 4.74 Å². The van der Waals surface area contributed by atoms with Gasteiger partial charge < -0.3 is 19.2 Å². The normalized spacial score (nSPS) is 13.7. The van der Waals surface area contributed by atoms with E-state index in [1.54, 1.807) is 69.5 Å². The SMILES string of the molecule is Cc1cc(C)n(-c2[c-]cc(-c3ccc4c5ccccc5n(C(C)(C)C)c4c3)cc2)n1.Cc1ccnn1-c1[c-]cccc1.O=P1(c2ccccc2)c2ccccc2-c2ccc(-c3c[c-]c(-n4cccn4)cc3)cc21.O=S1(=O)c2ccccc2-c2ccc(-c3c[c-]c(-n4cccn4)cc3)cc21.[Rh+2].[Rh+2].[Rh+3].[c-]1ccccc1-n1cccn1.[c-]1ccccc1C1[N-]C=CO1. The van der Waals surface area contributed by atoms with Gasteiger partial charge in [0.2, 0.25) is 9.84 Å². The molecule has 3 aliphatic rings. The maximum atomic E-state index is 14.6. The molecule has 0 saturated carbocycles. The summed E-state index contributed by atoms with van der Waals surface area (Å²) in [5, 5.41) is 30.6. The van der Waals surface area contributed by atoms with E-state index in [0.29, 0.717) is 9.79 Å². The number of aryl methyl sites for hydroxylation is 3. The van der Waals surface area contributed by atoms with Crippen LogP contribution in [-0.4, -0.2) is 61.9 Å². The van der Waals surface area contributed by atoms with Gasteiger partial charge in [-0.25, -0.2) is 8.42 Å². The molecule has 13 aromatic carbocycles. The zero-order valence-corrected chi connectivity index (χ0v) is 74.8. The molecule has 0 spiro atoms. The fourth-order valence-corrected chi connectivity index (χ4v) is 20.0. The zero-order valence-electron chi connectivity index (χ0n) is 68.2. The predicted molar refractivity (Wildman–Crippen MR) is 481 cm³/mol.